The summed E-state index contributed by atoms with van der Waals surface area (Å²) < 4.78 is 29.6. The Morgan fingerprint density at radius 2 is 1.71 bits per heavy atom. The van der Waals surface area contributed by atoms with Gasteiger partial charge in [-0.15, -0.1) is 35.9 Å². The van der Waals surface area contributed by atoms with Gasteiger partial charge in [0, 0.05) is 45.9 Å². The third kappa shape index (κ3) is 6.54. The average molecular weight is 832 g/mol. The van der Waals surface area contributed by atoms with Crippen molar-refractivity contribution in [3.63, 3.8) is 0 Å². The SMILES string of the molecule is Cn1c(-c2[c-]nc3oc4cc5c(cc4c3c2)CCCC5)nc2ccccc21.[2H]C(C)(C)c1cc(-c2[c-]cc(F)cc2)ncc1[Si](C)(C)C.[Ir]. The molecule has 4 heterocycles. The van der Waals surface area contributed by atoms with Crippen LogP contribution in [-0.2, 0) is 40.0 Å². The van der Waals surface area contributed by atoms with Crippen LogP contribution in [0.2, 0.25) is 19.6 Å². The molecule has 0 aliphatic heterocycles. The number of aryl methyl sites for hydroxylation is 3. The van der Waals surface area contributed by atoms with Crippen molar-refractivity contribution in [1.29, 1.82) is 0 Å². The first kappa shape index (κ1) is 32.6. The molecule has 0 atom stereocenters. The van der Waals surface area contributed by atoms with E-state index in [1.54, 1.807) is 6.07 Å². The molecule has 0 bridgehead atoms. The quantitative estimate of drug-likeness (QED) is 0.131. The molecule has 247 valence electrons. The van der Waals surface area contributed by atoms with Gasteiger partial charge in [0.25, 0.3) is 0 Å². The van der Waals surface area contributed by atoms with Crippen LogP contribution in [0.25, 0.3) is 55.7 Å². The molecule has 0 N–H and O–H groups in total. The van der Waals surface area contributed by atoms with Gasteiger partial charge in [0.2, 0.25) is 0 Å². The Bertz CT molecular complexity index is 2300. The fourth-order valence-corrected chi connectivity index (χ4v) is 8.10. The largest absolute Gasteiger partial charge is 0.483 e. The van der Waals surface area contributed by atoms with E-state index in [1.807, 2.05) is 51.4 Å². The van der Waals surface area contributed by atoms with Crippen LogP contribution in [0.4, 0.5) is 4.39 Å². The van der Waals surface area contributed by atoms with Crippen molar-refractivity contribution in [1.82, 2.24) is 19.5 Å². The molecule has 0 saturated heterocycles. The minimum atomic E-state index is -1.57. The first-order valence-electron chi connectivity index (χ1n) is 16.7. The summed E-state index contributed by atoms with van der Waals surface area (Å²) >= 11 is 0. The Morgan fingerprint density at radius 3 is 2.40 bits per heavy atom. The molecule has 7 aromatic rings. The van der Waals surface area contributed by atoms with E-state index in [9.17, 15) is 4.39 Å². The maximum Gasteiger partial charge on any atom is 0.141 e. The summed E-state index contributed by atoms with van der Waals surface area (Å²) in [7, 11) is 0.461. The average Bonchev–Trinajstić information content (AvgIpc) is 3.59. The number of hydrogen-bond acceptors (Lipinski definition) is 4. The molecule has 5 nitrogen and oxygen atoms in total. The molecule has 3 aromatic carbocycles. The number of nitrogens with zero attached hydrogens (tertiary/aromatic N) is 4. The number of benzene rings is 3. The van der Waals surface area contributed by atoms with Gasteiger partial charge in [0.1, 0.15) is 11.3 Å². The van der Waals surface area contributed by atoms with E-state index >= 15 is 0 Å². The van der Waals surface area contributed by atoms with Crippen LogP contribution >= 0.6 is 0 Å². The Morgan fingerprint density at radius 1 is 0.958 bits per heavy atom. The number of imidazole rings is 1. The zero-order chi connectivity index (χ0) is 33.8. The monoisotopic (exact) mass is 832 g/mol. The second-order valence-electron chi connectivity index (χ2n) is 13.7. The molecule has 0 saturated carbocycles. The third-order valence-corrected chi connectivity index (χ3v) is 11.1. The summed E-state index contributed by atoms with van der Waals surface area (Å²) in [4.78, 5) is 13.8. The molecule has 8 heteroatoms. The van der Waals surface area contributed by atoms with Gasteiger partial charge < -0.3 is 19.0 Å². The molecule has 48 heavy (non-hydrogen) atoms. The fourth-order valence-electron chi connectivity index (χ4n) is 6.52. The van der Waals surface area contributed by atoms with Crippen LogP contribution in [0.1, 0.15) is 50.6 Å². The summed E-state index contributed by atoms with van der Waals surface area (Å²) in [5, 5.41) is 3.39. The van der Waals surface area contributed by atoms with Crippen LogP contribution in [0.5, 0.6) is 0 Å². The number of hydrogen-bond donors (Lipinski definition) is 0. The smallest absolute Gasteiger partial charge is 0.141 e. The number of aromatic nitrogens is 4. The van der Waals surface area contributed by atoms with Gasteiger partial charge in [0.05, 0.1) is 24.9 Å². The summed E-state index contributed by atoms with van der Waals surface area (Å²) in [6.45, 7) is 10.5. The van der Waals surface area contributed by atoms with E-state index in [0.717, 1.165) is 68.4 Å². The number of para-hydroxylation sites is 2. The second kappa shape index (κ2) is 13.5. The maximum atomic E-state index is 13.0. The molecule has 1 aliphatic carbocycles. The molecule has 8 rings (SSSR count). The summed E-state index contributed by atoms with van der Waals surface area (Å²) in [6.07, 6.45) is 9.86. The summed E-state index contributed by atoms with van der Waals surface area (Å²) in [5.74, 6) is -0.121. The number of rotatable bonds is 4. The van der Waals surface area contributed by atoms with Gasteiger partial charge in [-0.2, -0.15) is 0 Å². The Hall–Kier alpha value is -3.97. The minimum Gasteiger partial charge on any atom is -0.483 e. The van der Waals surface area contributed by atoms with E-state index in [0.29, 0.717) is 5.71 Å². The second-order valence-corrected chi connectivity index (χ2v) is 18.7. The molecule has 1 aliphatic rings. The van der Waals surface area contributed by atoms with Crippen molar-refractivity contribution in [3.8, 4) is 22.6 Å². The van der Waals surface area contributed by atoms with Crippen molar-refractivity contribution in [2.45, 2.75) is 65.1 Å². The Labute approximate surface area is 297 Å². The zero-order valence-electron chi connectivity index (χ0n) is 29.2. The van der Waals surface area contributed by atoms with Gasteiger partial charge >= 0.3 is 0 Å². The van der Waals surface area contributed by atoms with E-state index in [1.165, 1.54) is 41.3 Å². The molecule has 0 unspecified atom stereocenters. The van der Waals surface area contributed by atoms with Crippen LogP contribution in [0, 0.1) is 18.1 Å². The topological polar surface area (TPSA) is 56.7 Å². The van der Waals surface area contributed by atoms with Crippen molar-refractivity contribution in [2.24, 2.45) is 7.05 Å². The Balaban J connectivity index is 0.000000173. The third-order valence-electron chi connectivity index (χ3n) is 9.07. The molecular formula is C40H39FIrN4OSi-2. The van der Waals surface area contributed by atoms with Crippen molar-refractivity contribution in [2.75, 3.05) is 0 Å². The number of halogens is 1. The number of fused-ring (bicyclic) bond motifs is 5. The number of furan rings is 1. The van der Waals surface area contributed by atoms with Crippen molar-refractivity contribution >= 4 is 46.4 Å². The van der Waals surface area contributed by atoms with E-state index in [-0.39, 0.29) is 25.9 Å². The zero-order valence-corrected chi connectivity index (χ0v) is 31.6. The maximum absolute atomic E-state index is 13.0. The molecule has 0 fully saturated rings. The van der Waals surface area contributed by atoms with Crippen LogP contribution in [0.3, 0.4) is 0 Å². The molecule has 0 spiro atoms. The van der Waals surface area contributed by atoms with Gasteiger partial charge in [-0.05, 0) is 89.4 Å². The molecule has 0 amide bonds. The number of pyridine rings is 2. The molecular weight excluding hydrogens is 792 g/mol. The minimum absolute atomic E-state index is 0. The first-order valence-corrected chi connectivity index (χ1v) is 19.7. The van der Waals surface area contributed by atoms with Crippen molar-refractivity contribution < 1.29 is 30.3 Å². The van der Waals surface area contributed by atoms with Gasteiger partial charge in [0.15, 0.2) is 0 Å². The predicted octanol–water partition coefficient (Wildman–Crippen LogP) is 9.57. The van der Waals surface area contributed by atoms with Crippen molar-refractivity contribution in [3.05, 3.63) is 108 Å². The van der Waals surface area contributed by atoms with Gasteiger partial charge in [-0.25, -0.2) is 0 Å². The van der Waals surface area contributed by atoms with Crippen LogP contribution in [-0.4, -0.2) is 27.6 Å². The predicted molar refractivity (Wildman–Crippen MR) is 192 cm³/mol. The van der Waals surface area contributed by atoms with Gasteiger partial charge in [-0.1, -0.05) is 62.8 Å². The van der Waals surface area contributed by atoms with E-state index in [4.69, 9.17) is 10.8 Å². The fraction of sp³-hybridized carbons (Fsp3) is 0.275. The molecule has 4 aromatic heterocycles. The normalized spacial score (nSPS) is 13.5. The standard InChI is InChI=1S/C23H18N3O.C17H21FNSi.Ir/c1-26-20-9-5-4-8-19(20)25-22(26)16-11-18-17-10-14-6-2-3-7-15(14)12-21(17)27-23(18)24-13-16;1-12(2)15-10-16(13-6-8-14(18)9-7-13)19-11-17(15)20(3,4)5;/h4-5,8-12H,2-3,6-7H2,1H3;6,8-12H,1-5H3;/q2*-1;/i;12D;. The Kier molecular flexibility index (Phi) is 9.16. The van der Waals surface area contributed by atoms with Crippen LogP contribution < -0.4 is 5.19 Å². The summed E-state index contributed by atoms with van der Waals surface area (Å²) in [6, 6.07) is 24.0. The molecule has 1 radical (unpaired) electrons. The summed E-state index contributed by atoms with van der Waals surface area (Å²) in [5.41, 5.74) is 9.92. The first-order chi connectivity index (χ1) is 22.9. The van der Waals surface area contributed by atoms with E-state index < -0.39 is 14.0 Å². The van der Waals surface area contributed by atoms with Gasteiger partial charge in [-0.3, -0.25) is 9.37 Å². The van der Waals surface area contributed by atoms with E-state index in [2.05, 4.69) is 70.7 Å². The van der Waals surface area contributed by atoms with Crippen LogP contribution in [0.15, 0.2) is 77.3 Å².